The molecule has 0 aliphatic heterocycles. The molecule has 5 heteroatoms. The largest absolute Gasteiger partial charge is 0.357 e. The van der Waals surface area contributed by atoms with Crippen LogP contribution in [0.3, 0.4) is 0 Å². The Morgan fingerprint density at radius 2 is 2.15 bits per heavy atom. The van der Waals surface area contributed by atoms with E-state index in [0.29, 0.717) is 12.6 Å². The van der Waals surface area contributed by atoms with E-state index in [1.165, 1.54) is 25.7 Å². The van der Waals surface area contributed by atoms with E-state index in [1.54, 1.807) is 0 Å². The second kappa shape index (κ2) is 7.31. The van der Waals surface area contributed by atoms with Crippen molar-refractivity contribution in [2.45, 2.75) is 52.1 Å². The summed E-state index contributed by atoms with van der Waals surface area (Å²) in [6.45, 7) is 6.00. The maximum absolute atomic E-state index is 4.66. The van der Waals surface area contributed by atoms with Crippen molar-refractivity contribution in [2.24, 2.45) is 18.0 Å². The average molecular weight is 277 g/mol. The first-order valence-electron chi connectivity index (χ1n) is 7.70. The third-order valence-corrected chi connectivity index (χ3v) is 4.02. The maximum atomic E-state index is 4.66. The lowest BCUT2D eigenvalue weighted by Gasteiger charge is -2.28. The van der Waals surface area contributed by atoms with Crippen LogP contribution < -0.4 is 10.6 Å². The zero-order chi connectivity index (χ0) is 14.4. The minimum absolute atomic E-state index is 0.565. The molecule has 0 aromatic carbocycles. The van der Waals surface area contributed by atoms with E-state index >= 15 is 0 Å². The fourth-order valence-electron chi connectivity index (χ4n) is 2.63. The normalized spacial score (nSPS) is 23.6. The molecular weight excluding hydrogens is 250 g/mol. The zero-order valence-corrected chi connectivity index (χ0v) is 12.9. The van der Waals surface area contributed by atoms with Crippen LogP contribution in [-0.4, -0.2) is 28.3 Å². The van der Waals surface area contributed by atoms with Crippen molar-refractivity contribution >= 4 is 5.96 Å². The van der Waals surface area contributed by atoms with Gasteiger partial charge in [-0.2, -0.15) is 5.10 Å². The highest BCUT2D eigenvalue weighted by Gasteiger charge is 2.18. The molecule has 20 heavy (non-hydrogen) atoms. The van der Waals surface area contributed by atoms with E-state index < -0.39 is 0 Å². The summed E-state index contributed by atoms with van der Waals surface area (Å²) in [6, 6.07) is 2.57. The molecular formula is C15H27N5. The van der Waals surface area contributed by atoms with Gasteiger partial charge in [0, 0.05) is 25.8 Å². The molecule has 0 bridgehead atoms. The van der Waals surface area contributed by atoms with Crippen molar-refractivity contribution in [1.82, 2.24) is 20.4 Å². The molecule has 2 rings (SSSR count). The summed E-state index contributed by atoms with van der Waals surface area (Å²) >= 11 is 0. The molecule has 0 atom stereocenters. The van der Waals surface area contributed by atoms with Crippen LogP contribution in [0.1, 0.15) is 45.2 Å². The minimum Gasteiger partial charge on any atom is -0.357 e. The van der Waals surface area contributed by atoms with E-state index in [1.807, 2.05) is 24.0 Å². The van der Waals surface area contributed by atoms with E-state index in [2.05, 4.69) is 34.6 Å². The van der Waals surface area contributed by atoms with Gasteiger partial charge in [0.15, 0.2) is 5.96 Å². The summed E-state index contributed by atoms with van der Waals surface area (Å²) in [5.41, 5.74) is 1.12. The minimum atomic E-state index is 0.565. The molecule has 112 valence electrons. The SMILES string of the molecule is CCNC(=NCc1ccnn1C)NC1CCC(C)CC1. The Morgan fingerprint density at radius 3 is 2.75 bits per heavy atom. The molecule has 1 saturated carbocycles. The lowest BCUT2D eigenvalue weighted by atomic mass is 9.87. The van der Waals surface area contributed by atoms with E-state index in [-0.39, 0.29) is 0 Å². The number of rotatable bonds is 4. The fraction of sp³-hybridized carbons (Fsp3) is 0.733. The van der Waals surface area contributed by atoms with Crippen molar-refractivity contribution < 1.29 is 0 Å². The summed E-state index contributed by atoms with van der Waals surface area (Å²) in [7, 11) is 1.95. The van der Waals surface area contributed by atoms with Gasteiger partial charge in [-0.05, 0) is 44.6 Å². The topological polar surface area (TPSA) is 54.2 Å². The van der Waals surface area contributed by atoms with E-state index in [4.69, 9.17) is 0 Å². The van der Waals surface area contributed by atoms with Crippen molar-refractivity contribution in [3.8, 4) is 0 Å². The number of guanidine groups is 1. The van der Waals surface area contributed by atoms with Crippen LogP contribution in [-0.2, 0) is 13.6 Å². The predicted molar refractivity (Wildman–Crippen MR) is 82.6 cm³/mol. The van der Waals surface area contributed by atoms with Gasteiger partial charge in [-0.25, -0.2) is 4.99 Å². The van der Waals surface area contributed by atoms with Crippen molar-refractivity contribution in [2.75, 3.05) is 6.54 Å². The summed E-state index contributed by atoms with van der Waals surface area (Å²) in [4.78, 5) is 4.66. The van der Waals surface area contributed by atoms with Crippen LogP contribution in [0, 0.1) is 5.92 Å². The maximum Gasteiger partial charge on any atom is 0.191 e. The first-order chi connectivity index (χ1) is 9.69. The summed E-state index contributed by atoms with van der Waals surface area (Å²) in [5.74, 6) is 1.80. The molecule has 0 spiro atoms. The Balaban J connectivity index is 1.90. The summed E-state index contributed by atoms with van der Waals surface area (Å²) in [6.07, 6.45) is 6.94. The van der Waals surface area contributed by atoms with Crippen LogP contribution >= 0.6 is 0 Å². The molecule has 1 heterocycles. The van der Waals surface area contributed by atoms with E-state index in [9.17, 15) is 0 Å². The molecule has 1 aromatic heterocycles. The van der Waals surface area contributed by atoms with Gasteiger partial charge in [-0.1, -0.05) is 6.92 Å². The molecule has 1 fully saturated rings. The Hall–Kier alpha value is -1.52. The van der Waals surface area contributed by atoms with Crippen molar-refractivity contribution in [1.29, 1.82) is 0 Å². The molecule has 2 N–H and O–H groups in total. The molecule has 1 aliphatic rings. The van der Waals surface area contributed by atoms with Gasteiger partial charge in [0.25, 0.3) is 0 Å². The number of aliphatic imine (C=N–C) groups is 1. The van der Waals surface area contributed by atoms with Gasteiger partial charge in [-0.15, -0.1) is 0 Å². The smallest absolute Gasteiger partial charge is 0.191 e. The molecule has 5 nitrogen and oxygen atoms in total. The Bertz CT molecular complexity index is 429. The number of hydrogen-bond donors (Lipinski definition) is 2. The molecule has 1 aliphatic carbocycles. The highest BCUT2D eigenvalue weighted by molar-refractivity contribution is 5.80. The predicted octanol–water partition coefficient (Wildman–Crippen LogP) is 2.05. The lowest BCUT2D eigenvalue weighted by molar-refractivity contribution is 0.329. The zero-order valence-electron chi connectivity index (χ0n) is 12.9. The van der Waals surface area contributed by atoms with Gasteiger partial charge in [0.1, 0.15) is 0 Å². The van der Waals surface area contributed by atoms with E-state index in [0.717, 1.165) is 24.1 Å². The van der Waals surface area contributed by atoms with Gasteiger partial charge in [0.05, 0.1) is 12.2 Å². The number of nitrogens with zero attached hydrogens (tertiary/aromatic N) is 3. The van der Waals surface area contributed by atoms with Crippen LogP contribution in [0.5, 0.6) is 0 Å². The Labute approximate surface area is 121 Å². The van der Waals surface area contributed by atoms with Crippen LogP contribution in [0.4, 0.5) is 0 Å². The Morgan fingerprint density at radius 1 is 1.40 bits per heavy atom. The van der Waals surface area contributed by atoms with Crippen LogP contribution in [0.25, 0.3) is 0 Å². The van der Waals surface area contributed by atoms with Gasteiger partial charge in [0.2, 0.25) is 0 Å². The molecule has 0 saturated heterocycles. The first kappa shape index (κ1) is 14.9. The number of aryl methyl sites for hydroxylation is 1. The Kier molecular flexibility index (Phi) is 5.44. The monoisotopic (exact) mass is 277 g/mol. The highest BCUT2D eigenvalue weighted by atomic mass is 15.3. The average Bonchev–Trinajstić information content (AvgIpc) is 2.84. The van der Waals surface area contributed by atoms with Crippen molar-refractivity contribution in [3.63, 3.8) is 0 Å². The quantitative estimate of drug-likeness (QED) is 0.654. The second-order valence-electron chi connectivity index (χ2n) is 5.74. The number of nitrogens with one attached hydrogen (secondary N) is 2. The van der Waals surface area contributed by atoms with Gasteiger partial charge < -0.3 is 10.6 Å². The van der Waals surface area contributed by atoms with Gasteiger partial charge >= 0.3 is 0 Å². The fourth-order valence-corrected chi connectivity index (χ4v) is 2.63. The highest BCUT2D eigenvalue weighted by Crippen LogP contribution is 2.23. The number of hydrogen-bond acceptors (Lipinski definition) is 2. The molecule has 1 aromatic rings. The third-order valence-electron chi connectivity index (χ3n) is 4.02. The lowest BCUT2D eigenvalue weighted by Crippen LogP contribution is -2.44. The number of aromatic nitrogens is 2. The summed E-state index contributed by atoms with van der Waals surface area (Å²) < 4.78 is 1.87. The van der Waals surface area contributed by atoms with Crippen LogP contribution in [0.15, 0.2) is 17.3 Å². The molecule has 0 radical (unpaired) electrons. The van der Waals surface area contributed by atoms with Crippen LogP contribution in [0.2, 0.25) is 0 Å². The van der Waals surface area contributed by atoms with Crippen molar-refractivity contribution in [3.05, 3.63) is 18.0 Å². The summed E-state index contributed by atoms with van der Waals surface area (Å²) in [5, 5.41) is 11.1. The molecule has 0 unspecified atom stereocenters. The molecule has 0 amide bonds. The standard InChI is InChI=1S/C15H27N5/c1-4-16-15(17-11-14-9-10-18-20(14)3)19-13-7-5-12(2)6-8-13/h9-10,12-13H,4-8,11H2,1-3H3,(H2,16,17,19). The first-order valence-corrected chi connectivity index (χ1v) is 7.70. The third kappa shape index (κ3) is 4.25. The second-order valence-corrected chi connectivity index (χ2v) is 5.74. The van der Waals surface area contributed by atoms with Gasteiger partial charge in [-0.3, -0.25) is 4.68 Å².